The van der Waals surface area contributed by atoms with Crippen LogP contribution in [-0.2, 0) is 11.3 Å². The number of nitro groups is 1. The standard InChI is InChI=1S/C14H12N2O6/c1-2-9-8-11(16(19)20)21-12(9)13(17)15-22-14(18)10-6-4-3-5-7-10/h3-8H,2H2,1H3,(H,15,17). The Morgan fingerprint density at radius 2 is 2.00 bits per heavy atom. The summed E-state index contributed by atoms with van der Waals surface area (Å²) < 4.78 is 4.86. The molecule has 0 bridgehead atoms. The fraction of sp³-hybridized carbons (Fsp3) is 0.143. The van der Waals surface area contributed by atoms with Gasteiger partial charge >= 0.3 is 17.8 Å². The van der Waals surface area contributed by atoms with E-state index in [0.717, 1.165) is 6.07 Å². The second kappa shape index (κ2) is 6.53. The van der Waals surface area contributed by atoms with Gasteiger partial charge in [-0.1, -0.05) is 25.1 Å². The van der Waals surface area contributed by atoms with Gasteiger partial charge < -0.3 is 9.25 Å². The van der Waals surface area contributed by atoms with Crippen LogP contribution in [0.15, 0.2) is 40.8 Å². The van der Waals surface area contributed by atoms with Crippen molar-refractivity contribution in [1.82, 2.24) is 5.48 Å². The summed E-state index contributed by atoms with van der Waals surface area (Å²) in [7, 11) is 0. The molecule has 0 saturated heterocycles. The summed E-state index contributed by atoms with van der Waals surface area (Å²) in [6, 6.07) is 9.21. The lowest BCUT2D eigenvalue weighted by Crippen LogP contribution is -2.27. The van der Waals surface area contributed by atoms with Crippen molar-refractivity contribution in [2.45, 2.75) is 13.3 Å². The molecule has 0 saturated carbocycles. The van der Waals surface area contributed by atoms with E-state index in [1.807, 2.05) is 5.48 Å². The summed E-state index contributed by atoms with van der Waals surface area (Å²) in [6.45, 7) is 1.71. The van der Waals surface area contributed by atoms with Gasteiger partial charge in [0.05, 0.1) is 11.6 Å². The molecule has 0 aliphatic rings. The highest BCUT2D eigenvalue weighted by Crippen LogP contribution is 2.22. The molecule has 0 unspecified atom stereocenters. The van der Waals surface area contributed by atoms with Gasteiger partial charge in [0.25, 0.3) is 0 Å². The third-order valence-electron chi connectivity index (χ3n) is 2.81. The smallest absolute Gasteiger partial charge is 0.395 e. The summed E-state index contributed by atoms with van der Waals surface area (Å²) in [5.41, 5.74) is 2.52. The van der Waals surface area contributed by atoms with Crippen molar-refractivity contribution < 1.29 is 23.8 Å². The molecule has 0 radical (unpaired) electrons. The Hall–Kier alpha value is -3.16. The minimum atomic E-state index is -0.866. The highest BCUT2D eigenvalue weighted by molar-refractivity contribution is 5.95. The van der Waals surface area contributed by atoms with Crippen molar-refractivity contribution in [3.63, 3.8) is 0 Å². The maximum atomic E-state index is 11.9. The molecule has 0 atom stereocenters. The zero-order valence-corrected chi connectivity index (χ0v) is 11.6. The zero-order chi connectivity index (χ0) is 16.1. The number of hydrogen-bond donors (Lipinski definition) is 1. The van der Waals surface area contributed by atoms with Crippen LogP contribution < -0.4 is 5.48 Å². The Bertz CT molecular complexity index is 707. The van der Waals surface area contributed by atoms with Gasteiger partial charge in [-0.3, -0.25) is 14.9 Å². The molecular formula is C14H12N2O6. The number of hydrogen-bond acceptors (Lipinski definition) is 6. The number of aryl methyl sites for hydroxylation is 1. The molecule has 2 aromatic rings. The van der Waals surface area contributed by atoms with Crippen molar-refractivity contribution in [1.29, 1.82) is 0 Å². The maximum Gasteiger partial charge on any atom is 0.433 e. The average Bonchev–Trinajstić information content (AvgIpc) is 2.97. The van der Waals surface area contributed by atoms with E-state index >= 15 is 0 Å². The van der Waals surface area contributed by atoms with Crippen LogP contribution in [-0.4, -0.2) is 16.8 Å². The van der Waals surface area contributed by atoms with Crippen LogP contribution in [0.5, 0.6) is 0 Å². The van der Waals surface area contributed by atoms with Gasteiger partial charge in [-0.25, -0.2) is 4.79 Å². The first-order chi connectivity index (χ1) is 10.5. The summed E-state index contributed by atoms with van der Waals surface area (Å²) in [4.78, 5) is 38.1. The molecular weight excluding hydrogens is 292 g/mol. The molecule has 1 aromatic heterocycles. The number of rotatable bonds is 4. The maximum absolute atomic E-state index is 11.9. The van der Waals surface area contributed by atoms with Crippen molar-refractivity contribution >= 4 is 17.8 Å². The second-order valence-electron chi connectivity index (χ2n) is 4.24. The predicted molar refractivity (Wildman–Crippen MR) is 74.1 cm³/mol. The van der Waals surface area contributed by atoms with Crippen LogP contribution in [0.3, 0.4) is 0 Å². The topological polar surface area (TPSA) is 112 Å². The Morgan fingerprint density at radius 1 is 1.32 bits per heavy atom. The van der Waals surface area contributed by atoms with E-state index in [4.69, 9.17) is 4.42 Å². The number of hydroxylamine groups is 1. The zero-order valence-electron chi connectivity index (χ0n) is 11.6. The first-order valence-corrected chi connectivity index (χ1v) is 6.36. The summed E-state index contributed by atoms with van der Waals surface area (Å²) >= 11 is 0. The molecule has 0 fully saturated rings. The second-order valence-corrected chi connectivity index (χ2v) is 4.24. The number of furan rings is 1. The van der Waals surface area contributed by atoms with Crippen LogP contribution >= 0.6 is 0 Å². The van der Waals surface area contributed by atoms with Gasteiger partial charge in [-0.05, 0) is 18.6 Å². The predicted octanol–water partition coefficient (Wildman–Crippen LogP) is 2.25. The van der Waals surface area contributed by atoms with E-state index in [9.17, 15) is 19.7 Å². The fourth-order valence-corrected chi connectivity index (χ4v) is 1.73. The van der Waals surface area contributed by atoms with E-state index in [2.05, 4.69) is 4.84 Å². The molecule has 0 aliphatic carbocycles. The first kappa shape index (κ1) is 15.2. The van der Waals surface area contributed by atoms with Gasteiger partial charge in [0.15, 0.2) is 0 Å². The molecule has 1 N–H and O–H groups in total. The van der Waals surface area contributed by atoms with Crippen LogP contribution in [0.2, 0.25) is 0 Å². The molecule has 0 spiro atoms. The van der Waals surface area contributed by atoms with E-state index in [0.29, 0.717) is 12.0 Å². The van der Waals surface area contributed by atoms with E-state index in [-0.39, 0.29) is 11.3 Å². The molecule has 1 aromatic carbocycles. The Morgan fingerprint density at radius 3 is 2.59 bits per heavy atom. The highest BCUT2D eigenvalue weighted by atomic mass is 16.7. The fourth-order valence-electron chi connectivity index (χ4n) is 1.73. The Balaban J connectivity index is 2.06. The van der Waals surface area contributed by atoms with Crippen molar-refractivity contribution in [3.05, 3.63) is 63.4 Å². The minimum absolute atomic E-state index is 0.254. The van der Waals surface area contributed by atoms with Gasteiger partial charge in [-0.2, -0.15) is 5.48 Å². The van der Waals surface area contributed by atoms with Crippen LogP contribution in [0.4, 0.5) is 5.88 Å². The molecule has 22 heavy (non-hydrogen) atoms. The summed E-state index contributed by atoms with van der Waals surface area (Å²) in [5.74, 6) is -2.42. The number of carbonyl (C=O) groups is 2. The molecule has 1 amide bonds. The quantitative estimate of drug-likeness (QED) is 0.685. The van der Waals surface area contributed by atoms with Gasteiger partial charge in [0.1, 0.15) is 4.92 Å². The number of amides is 1. The molecule has 1 heterocycles. The lowest BCUT2D eigenvalue weighted by Gasteiger charge is -2.04. The molecule has 8 heteroatoms. The van der Waals surface area contributed by atoms with E-state index in [1.54, 1.807) is 25.1 Å². The SMILES string of the molecule is CCc1cc([N+](=O)[O-])oc1C(=O)NOC(=O)c1ccccc1. The normalized spacial score (nSPS) is 10.0. The minimum Gasteiger partial charge on any atom is -0.395 e. The van der Waals surface area contributed by atoms with E-state index in [1.165, 1.54) is 12.1 Å². The highest BCUT2D eigenvalue weighted by Gasteiger charge is 2.24. The molecule has 8 nitrogen and oxygen atoms in total. The van der Waals surface area contributed by atoms with Gasteiger partial charge in [0, 0.05) is 5.56 Å². The van der Waals surface area contributed by atoms with E-state index < -0.39 is 22.7 Å². The van der Waals surface area contributed by atoms with Crippen molar-refractivity contribution in [2.24, 2.45) is 0 Å². The summed E-state index contributed by atoms with van der Waals surface area (Å²) in [5, 5.41) is 10.7. The Kier molecular flexibility index (Phi) is 4.52. The number of carbonyl (C=O) groups excluding carboxylic acids is 2. The third kappa shape index (κ3) is 3.29. The molecule has 114 valence electrons. The van der Waals surface area contributed by atoms with Crippen LogP contribution in [0.25, 0.3) is 0 Å². The van der Waals surface area contributed by atoms with Crippen LogP contribution in [0.1, 0.15) is 33.4 Å². The van der Waals surface area contributed by atoms with Crippen molar-refractivity contribution in [2.75, 3.05) is 0 Å². The average molecular weight is 304 g/mol. The summed E-state index contributed by atoms with van der Waals surface area (Å²) in [6.07, 6.45) is 0.354. The largest absolute Gasteiger partial charge is 0.433 e. The van der Waals surface area contributed by atoms with Crippen molar-refractivity contribution in [3.8, 4) is 0 Å². The van der Waals surface area contributed by atoms with Gasteiger partial charge in [0.2, 0.25) is 5.76 Å². The molecule has 0 aliphatic heterocycles. The van der Waals surface area contributed by atoms with Crippen LogP contribution in [0, 0.1) is 10.1 Å². The lowest BCUT2D eigenvalue weighted by atomic mass is 10.2. The Labute approximate surface area is 124 Å². The lowest BCUT2D eigenvalue weighted by molar-refractivity contribution is -0.402. The first-order valence-electron chi connectivity index (χ1n) is 6.36. The number of benzene rings is 1. The van der Waals surface area contributed by atoms with Gasteiger partial charge in [-0.15, -0.1) is 0 Å². The number of nitrogens with one attached hydrogen (secondary N) is 1. The third-order valence-corrected chi connectivity index (χ3v) is 2.81. The monoisotopic (exact) mass is 304 g/mol. The number of nitrogens with zero attached hydrogens (tertiary/aromatic N) is 1. The molecule has 2 rings (SSSR count).